The number of carbonyl (C=O) groups excluding carboxylic acids is 1. The predicted octanol–water partition coefficient (Wildman–Crippen LogP) is 1.42. The molecule has 2 amide bonds. The molecule has 1 aliphatic rings. The SMILES string of the molecule is CCCCNC(=O)N1CCN(C(C)(C)C#N)CC1. The molecule has 0 unspecified atom stereocenters. The van der Waals surface area contributed by atoms with Crippen LogP contribution in [0.2, 0.25) is 0 Å². The van der Waals surface area contributed by atoms with Crippen LogP contribution >= 0.6 is 0 Å². The Bertz CT molecular complexity index is 313. The topological polar surface area (TPSA) is 59.4 Å². The van der Waals surface area contributed by atoms with Crippen LogP contribution in [0.15, 0.2) is 0 Å². The third-order valence-electron chi connectivity index (χ3n) is 3.44. The Balaban J connectivity index is 2.35. The van der Waals surface area contributed by atoms with Crippen molar-refractivity contribution in [1.29, 1.82) is 5.26 Å². The van der Waals surface area contributed by atoms with Crippen LogP contribution in [0.25, 0.3) is 0 Å². The first-order valence-corrected chi connectivity index (χ1v) is 6.70. The average molecular weight is 252 g/mol. The van der Waals surface area contributed by atoms with E-state index in [1.165, 1.54) is 0 Å². The van der Waals surface area contributed by atoms with Gasteiger partial charge in [-0.05, 0) is 20.3 Å². The van der Waals surface area contributed by atoms with Crippen molar-refractivity contribution in [2.24, 2.45) is 0 Å². The van der Waals surface area contributed by atoms with E-state index < -0.39 is 5.54 Å². The third-order valence-corrected chi connectivity index (χ3v) is 3.44. The molecule has 0 spiro atoms. The van der Waals surface area contributed by atoms with Crippen LogP contribution in [0.5, 0.6) is 0 Å². The molecular formula is C13H24N4O. The predicted molar refractivity (Wildman–Crippen MR) is 71.1 cm³/mol. The number of rotatable bonds is 4. The van der Waals surface area contributed by atoms with Crippen molar-refractivity contribution in [2.75, 3.05) is 32.7 Å². The lowest BCUT2D eigenvalue weighted by molar-refractivity contribution is 0.0924. The lowest BCUT2D eigenvalue weighted by atomic mass is 10.0. The molecule has 5 heteroatoms. The Labute approximate surface area is 110 Å². The molecule has 0 aliphatic carbocycles. The van der Waals surface area contributed by atoms with Gasteiger partial charge in [0.25, 0.3) is 0 Å². The number of nitrogens with one attached hydrogen (secondary N) is 1. The maximum atomic E-state index is 11.8. The number of carbonyl (C=O) groups is 1. The zero-order valence-corrected chi connectivity index (χ0v) is 11.7. The fraction of sp³-hybridized carbons (Fsp3) is 0.846. The zero-order valence-electron chi connectivity index (χ0n) is 11.7. The van der Waals surface area contributed by atoms with E-state index in [0.717, 1.165) is 32.5 Å². The molecule has 5 nitrogen and oxygen atoms in total. The molecule has 102 valence electrons. The highest BCUT2D eigenvalue weighted by molar-refractivity contribution is 5.74. The quantitative estimate of drug-likeness (QED) is 0.770. The van der Waals surface area contributed by atoms with Gasteiger partial charge in [-0.3, -0.25) is 4.90 Å². The van der Waals surface area contributed by atoms with Gasteiger partial charge in [0.2, 0.25) is 0 Å². The summed E-state index contributed by atoms with van der Waals surface area (Å²) in [4.78, 5) is 15.8. The second kappa shape index (κ2) is 6.60. The first kappa shape index (κ1) is 14.8. The molecule has 0 bridgehead atoms. The number of urea groups is 1. The Morgan fingerprint density at radius 1 is 1.33 bits per heavy atom. The van der Waals surface area contributed by atoms with Crippen molar-refractivity contribution in [3.05, 3.63) is 0 Å². The fourth-order valence-corrected chi connectivity index (χ4v) is 2.02. The van der Waals surface area contributed by atoms with Gasteiger partial charge < -0.3 is 10.2 Å². The lowest BCUT2D eigenvalue weighted by Crippen LogP contribution is -2.56. The summed E-state index contributed by atoms with van der Waals surface area (Å²) in [6, 6.07) is 2.33. The summed E-state index contributed by atoms with van der Waals surface area (Å²) >= 11 is 0. The fourth-order valence-electron chi connectivity index (χ4n) is 2.02. The maximum Gasteiger partial charge on any atom is 0.317 e. The standard InChI is InChI=1S/C13H24N4O/c1-4-5-6-15-12(18)16-7-9-17(10-8-16)13(2,3)11-14/h4-10H2,1-3H3,(H,15,18). The Morgan fingerprint density at radius 3 is 2.44 bits per heavy atom. The first-order valence-electron chi connectivity index (χ1n) is 6.70. The Hall–Kier alpha value is -1.28. The molecule has 0 saturated carbocycles. The van der Waals surface area contributed by atoms with Crippen molar-refractivity contribution in [3.63, 3.8) is 0 Å². The Morgan fingerprint density at radius 2 is 1.94 bits per heavy atom. The summed E-state index contributed by atoms with van der Waals surface area (Å²) in [7, 11) is 0. The van der Waals surface area contributed by atoms with Crippen molar-refractivity contribution in [1.82, 2.24) is 15.1 Å². The minimum atomic E-state index is -0.440. The number of unbranched alkanes of at least 4 members (excludes halogenated alkanes) is 1. The molecule has 1 heterocycles. The van der Waals surface area contributed by atoms with Gasteiger partial charge in [-0.25, -0.2) is 4.79 Å². The third kappa shape index (κ3) is 3.88. The number of piperazine rings is 1. The molecule has 0 atom stereocenters. The summed E-state index contributed by atoms with van der Waals surface area (Å²) in [5, 5.41) is 12.0. The van der Waals surface area contributed by atoms with Crippen molar-refractivity contribution >= 4 is 6.03 Å². The van der Waals surface area contributed by atoms with Gasteiger partial charge in [0.05, 0.1) is 6.07 Å². The monoisotopic (exact) mass is 252 g/mol. The highest BCUT2D eigenvalue weighted by Gasteiger charge is 2.30. The van der Waals surface area contributed by atoms with Crippen molar-refractivity contribution < 1.29 is 4.79 Å². The van der Waals surface area contributed by atoms with Gasteiger partial charge in [0.1, 0.15) is 5.54 Å². The van der Waals surface area contributed by atoms with Gasteiger partial charge in [-0.15, -0.1) is 0 Å². The zero-order chi connectivity index (χ0) is 13.6. The highest BCUT2D eigenvalue weighted by atomic mass is 16.2. The highest BCUT2D eigenvalue weighted by Crippen LogP contribution is 2.15. The van der Waals surface area contributed by atoms with Gasteiger partial charge in [-0.2, -0.15) is 5.26 Å². The second-order valence-corrected chi connectivity index (χ2v) is 5.23. The van der Waals surface area contributed by atoms with Crippen LogP contribution in [0.4, 0.5) is 4.79 Å². The van der Waals surface area contributed by atoms with Crippen molar-refractivity contribution in [3.8, 4) is 6.07 Å². The number of nitrogens with zero attached hydrogens (tertiary/aromatic N) is 3. The smallest absolute Gasteiger partial charge is 0.317 e. The molecule has 1 saturated heterocycles. The maximum absolute atomic E-state index is 11.8. The van der Waals surface area contributed by atoms with E-state index >= 15 is 0 Å². The van der Waals surface area contributed by atoms with Gasteiger partial charge in [0, 0.05) is 32.7 Å². The number of hydrogen-bond acceptors (Lipinski definition) is 3. The minimum absolute atomic E-state index is 0.0258. The molecule has 1 aliphatic heterocycles. The minimum Gasteiger partial charge on any atom is -0.338 e. The normalized spacial score (nSPS) is 17.3. The summed E-state index contributed by atoms with van der Waals surface area (Å²) in [5.74, 6) is 0. The molecule has 0 aromatic heterocycles. The van der Waals surface area contributed by atoms with E-state index in [1.54, 1.807) is 0 Å². The summed E-state index contributed by atoms with van der Waals surface area (Å²) in [5.41, 5.74) is -0.440. The van der Waals surface area contributed by atoms with Gasteiger partial charge >= 0.3 is 6.03 Å². The van der Waals surface area contributed by atoms with E-state index in [1.807, 2.05) is 18.7 Å². The Kier molecular flexibility index (Phi) is 5.42. The van der Waals surface area contributed by atoms with E-state index in [9.17, 15) is 4.79 Å². The van der Waals surface area contributed by atoms with Gasteiger partial charge in [-0.1, -0.05) is 13.3 Å². The van der Waals surface area contributed by atoms with Crippen LogP contribution in [-0.4, -0.2) is 54.1 Å². The van der Waals surface area contributed by atoms with Crippen LogP contribution in [0.1, 0.15) is 33.6 Å². The molecule has 1 fully saturated rings. The number of amides is 2. The molecule has 0 radical (unpaired) electrons. The van der Waals surface area contributed by atoms with Crippen LogP contribution in [-0.2, 0) is 0 Å². The van der Waals surface area contributed by atoms with E-state index in [0.29, 0.717) is 13.1 Å². The van der Waals surface area contributed by atoms with E-state index in [4.69, 9.17) is 5.26 Å². The van der Waals surface area contributed by atoms with Crippen LogP contribution in [0, 0.1) is 11.3 Å². The summed E-state index contributed by atoms with van der Waals surface area (Å²) in [6.45, 7) is 9.62. The average Bonchev–Trinajstić information content (AvgIpc) is 2.39. The summed E-state index contributed by atoms with van der Waals surface area (Å²) < 4.78 is 0. The lowest BCUT2D eigenvalue weighted by Gasteiger charge is -2.40. The van der Waals surface area contributed by atoms with E-state index in [-0.39, 0.29) is 6.03 Å². The number of hydrogen-bond donors (Lipinski definition) is 1. The molecule has 0 aromatic rings. The molecular weight excluding hydrogens is 228 g/mol. The summed E-state index contributed by atoms with van der Waals surface area (Å²) in [6.07, 6.45) is 2.11. The first-order chi connectivity index (χ1) is 8.51. The molecule has 0 aromatic carbocycles. The molecule has 18 heavy (non-hydrogen) atoms. The second-order valence-electron chi connectivity index (χ2n) is 5.23. The van der Waals surface area contributed by atoms with Crippen LogP contribution in [0.3, 0.4) is 0 Å². The van der Waals surface area contributed by atoms with Crippen LogP contribution < -0.4 is 5.32 Å². The largest absolute Gasteiger partial charge is 0.338 e. The molecule has 1 N–H and O–H groups in total. The van der Waals surface area contributed by atoms with Crippen molar-refractivity contribution in [2.45, 2.75) is 39.2 Å². The van der Waals surface area contributed by atoms with Gasteiger partial charge in [0.15, 0.2) is 0 Å². The van der Waals surface area contributed by atoms with E-state index in [2.05, 4.69) is 23.2 Å². The number of nitriles is 1. The molecule has 1 rings (SSSR count).